The normalized spacial score (nSPS) is 12.9. The quantitative estimate of drug-likeness (QED) is 0.180. The zero-order chi connectivity index (χ0) is 24.1. The van der Waals surface area contributed by atoms with E-state index in [4.69, 9.17) is 4.74 Å². The largest absolute Gasteiger partial charge is 0.383 e. The first-order chi connectivity index (χ1) is 16.5. The Hall–Kier alpha value is -3.51. The average Bonchev–Trinajstić information content (AvgIpc) is 3.34. The fraction of sp³-hybridized carbons (Fsp3) is 0.364. The summed E-state index contributed by atoms with van der Waals surface area (Å²) in [6.45, 7) is 3.44. The minimum atomic E-state index is -0.458. The van der Waals surface area contributed by atoms with Crippen LogP contribution in [0.25, 0.3) is 11.0 Å². The number of nitrogens with zero attached hydrogens (tertiary/aromatic N) is 5. The first-order valence-corrected chi connectivity index (χ1v) is 11.8. The molecule has 12 heteroatoms. The monoisotopic (exact) mass is 483 g/mol. The van der Waals surface area contributed by atoms with Gasteiger partial charge in [0, 0.05) is 20.2 Å². The van der Waals surface area contributed by atoms with Crippen LogP contribution in [0.2, 0.25) is 0 Å². The van der Waals surface area contributed by atoms with Crippen LogP contribution in [0.5, 0.6) is 0 Å². The van der Waals surface area contributed by atoms with Gasteiger partial charge in [-0.05, 0) is 17.9 Å². The Kier molecular flexibility index (Phi) is 7.38. The highest BCUT2D eigenvalue weighted by molar-refractivity contribution is 7.99. The lowest BCUT2D eigenvalue weighted by atomic mass is 10.1. The lowest BCUT2D eigenvalue weighted by Gasteiger charge is -2.13. The number of hydrogen-bond donors (Lipinski definition) is 2. The van der Waals surface area contributed by atoms with Gasteiger partial charge in [0.25, 0.3) is 11.8 Å². The van der Waals surface area contributed by atoms with E-state index in [0.29, 0.717) is 47.4 Å². The summed E-state index contributed by atoms with van der Waals surface area (Å²) < 4.78 is 6.79. The third kappa shape index (κ3) is 4.87. The molecule has 1 aliphatic rings. The van der Waals surface area contributed by atoms with Crippen molar-refractivity contribution in [2.45, 2.75) is 18.6 Å². The van der Waals surface area contributed by atoms with Gasteiger partial charge in [-0.2, -0.15) is 5.10 Å². The molecule has 0 spiro atoms. The van der Waals surface area contributed by atoms with Crippen molar-refractivity contribution in [3.05, 3.63) is 41.6 Å². The lowest BCUT2D eigenvalue weighted by molar-refractivity contribution is -0.121. The van der Waals surface area contributed by atoms with Gasteiger partial charge >= 0.3 is 0 Å². The van der Waals surface area contributed by atoms with Crippen molar-refractivity contribution in [2.75, 3.05) is 44.4 Å². The Morgan fingerprint density at radius 2 is 1.85 bits per heavy atom. The van der Waals surface area contributed by atoms with Gasteiger partial charge in [-0.25, -0.2) is 14.6 Å². The molecule has 3 heterocycles. The van der Waals surface area contributed by atoms with Crippen molar-refractivity contribution in [2.24, 2.45) is 0 Å². The van der Waals surface area contributed by atoms with Gasteiger partial charge in [0.2, 0.25) is 5.91 Å². The molecule has 0 aliphatic carbocycles. The molecule has 2 N–H and O–H groups in total. The number of carbonyl (C=O) groups is 3. The average molecular weight is 484 g/mol. The van der Waals surface area contributed by atoms with Gasteiger partial charge in [0.05, 0.1) is 35.9 Å². The van der Waals surface area contributed by atoms with Crippen LogP contribution in [0.15, 0.2) is 35.6 Å². The zero-order valence-corrected chi connectivity index (χ0v) is 19.7. The van der Waals surface area contributed by atoms with E-state index in [0.717, 1.165) is 16.0 Å². The molecule has 1 aromatic carbocycles. The molecule has 0 radical (unpaired) electrons. The van der Waals surface area contributed by atoms with Crippen LogP contribution >= 0.6 is 11.8 Å². The number of benzene rings is 1. The van der Waals surface area contributed by atoms with Crippen LogP contribution in [0.3, 0.4) is 0 Å². The summed E-state index contributed by atoms with van der Waals surface area (Å²) in [6.07, 6.45) is 1.69. The van der Waals surface area contributed by atoms with Crippen LogP contribution in [-0.2, 0) is 16.1 Å². The van der Waals surface area contributed by atoms with E-state index in [-0.39, 0.29) is 13.1 Å². The number of anilines is 1. The maximum atomic E-state index is 12.4. The molecule has 0 saturated heterocycles. The van der Waals surface area contributed by atoms with Crippen molar-refractivity contribution in [3.63, 3.8) is 0 Å². The second-order valence-corrected chi connectivity index (χ2v) is 8.64. The number of rotatable bonds is 11. The molecule has 3 aromatic rings. The van der Waals surface area contributed by atoms with Crippen molar-refractivity contribution in [1.29, 1.82) is 0 Å². The van der Waals surface area contributed by atoms with Crippen molar-refractivity contribution >= 4 is 46.3 Å². The summed E-state index contributed by atoms with van der Waals surface area (Å²) >= 11 is 1.52. The number of fused-ring (bicyclic) bond motifs is 2. The van der Waals surface area contributed by atoms with E-state index in [1.54, 1.807) is 42.3 Å². The third-order valence-electron chi connectivity index (χ3n) is 5.17. The van der Waals surface area contributed by atoms with Crippen molar-refractivity contribution in [1.82, 2.24) is 30.0 Å². The number of nitrogens with one attached hydrogen (secondary N) is 2. The Morgan fingerprint density at radius 3 is 2.53 bits per heavy atom. The lowest BCUT2D eigenvalue weighted by Crippen LogP contribution is -2.41. The molecule has 2 aromatic heterocycles. The number of hydrogen-bond acceptors (Lipinski definition) is 9. The summed E-state index contributed by atoms with van der Waals surface area (Å²) in [7, 11) is 1.64. The molecular formula is C22H25N7O4S. The summed E-state index contributed by atoms with van der Waals surface area (Å²) in [5, 5.41) is 11.8. The first-order valence-electron chi connectivity index (χ1n) is 10.8. The Morgan fingerprint density at radius 1 is 1.12 bits per heavy atom. The van der Waals surface area contributed by atoms with Gasteiger partial charge < -0.3 is 15.4 Å². The Bertz CT molecular complexity index is 1190. The number of ether oxygens (including phenoxy) is 1. The van der Waals surface area contributed by atoms with Crippen LogP contribution in [0.1, 0.15) is 27.6 Å². The fourth-order valence-corrected chi connectivity index (χ4v) is 4.15. The van der Waals surface area contributed by atoms with Gasteiger partial charge in [0.15, 0.2) is 10.8 Å². The van der Waals surface area contributed by atoms with E-state index in [1.807, 2.05) is 6.92 Å². The highest BCUT2D eigenvalue weighted by Gasteiger charge is 2.36. The predicted octanol–water partition coefficient (Wildman–Crippen LogP) is 1.41. The first kappa shape index (κ1) is 23.6. The minimum absolute atomic E-state index is 0.255. The molecule has 4 rings (SSSR count). The van der Waals surface area contributed by atoms with Gasteiger partial charge in [0.1, 0.15) is 12.4 Å². The molecule has 0 saturated carbocycles. The Labute approximate surface area is 200 Å². The standard InChI is InChI=1S/C22H25N7O4S/c1-3-34-22-26-18(24-9-11-33-2)16-12-25-29(19(16)27-22)10-8-23-17(30)13-28-20(31)14-6-4-5-7-15(14)21(28)32/h4-7,12H,3,8-11,13H2,1-2H3,(H,23,30)(H,24,26,27). The highest BCUT2D eigenvalue weighted by Crippen LogP contribution is 2.24. The molecule has 11 nitrogen and oxygen atoms in total. The summed E-state index contributed by atoms with van der Waals surface area (Å²) in [5.74, 6) is 0.161. The number of thioether (sulfide) groups is 1. The summed E-state index contributed by atoms with van der Waals surface area (Å²) in [6, 6.07) is 6.55. The van der Waals surface area contributed by atoms with E-state index in [2.05, 4.69) is 25.7 Å². The second-order valence-electron chi connectivity index (χ2n) is 7.40. The van der Waals surface area contributed by atoms with Gasteiger partial charge in [-0.3, -0.25) is 19.3 Å². The number of imide groups is 1. The molecule has 0 bridgehead atoms. The van der Waals surface area contributed by atoms with E-state index < -0.39 is 17.7 Å². The summed E-state index contributed by atoms with van der Waals surface area (Å²) in [5.41, 5.74) is 1.29. The molecule has 34 heavy (non-hydrogen) atoms. The number of amides is 3. The maximum Gasteiger partial charge on any atom is 0.262 e. The van der Waals surface area contributed by atoms with Crippen LogP contribution in [0, 0.1) is 0 Å². The van der Waals surface area contributed by atoms with Crippen molar-refractivity contribution in [3.8, 4) is 0 Å². The topological polar surface area (TPSA) is 131 Å². The minimum Gasteiger partial charge on any atom is -0.383 e. The van der Waals surface area contributed by atoms with Gasteiger partial charge in [-0.15, -0.1) is 0 Å². The van der Waals surface area contributed by atoms with E-state index >= 15 is 0 Å². The number of carbonyl (C=O) groups excluding carboxylic acids is 3. The number of aromatic nitrogens is 4. The SMILES string of the molecule is CCSc1nc(NCCOC)c2cnn(CCNC(=O)CN3C(=O)c4ccccc4C3=O)c2n1. The Balaban J connectivity index is 1.39. The molecule has 178 valence electrons. The molecule has 0 fully saturated rings. The molecule has 3 amide bonds. The highest BCUT2D eigenvalue weighted by atomic mass is 32.2. The van der Waals surface area contributed by atoms with Crippen LogP contribution in [0.4, 0.5) is 5.82 Å². The second kappa shape index (κ2) is 10.6. The smallest absolute Gasteiger partial charge is 0.262 e. The van der Waals surface area contributed by atoms with E-state index in [1.165, 1.54) is 11.8 Å². The zero-order valence-electron chi connectivity index (χ0n) is 18.9. The number of methoxy groups -OCH3 is 1. The molecule has 0 atom stereocenters. The molecule has 1 aliphatic heterocycles. The molecule has 0 unspecified atom stereocenters. The van der Waals surface area contributed by atoms with Crippen LogP contribution in [-0.4, -0.2) is 81.5 Å². The van der Waals surface area contributed by atoms with Gasteiger partial charge in [-0.1, -0.05) is 30.8 Å². The van der Waals surface area contributed by atoms with Crippen molar-refractivity contribution < 1.29 is 19.1 Å². The third-order valence-corrected chi connectivity index (χ3v) is 5.90. The molecular weight excluding hydrogens is 458 g/mol. The fourth-order valence-electron chi connectivity index (χ4n) is 3.58. The van der Waals surface area contributed by atoms with Crippen LogP contribution < -0.4 is 10.6 Å². The maximum absolute atomic E-state index is 12.4. The predicted molar refractivity (Wildman–Crippen MR) is 127 cm³/mol. The van der Waals surface area contributed by atoms with E-state index in [9.17, 15) is 14.4 Å². The summed E-state index contributed by atoms with van der Waals surface area (Å²) in [4.78, 5) is 47.5.